The summed E-state index contributed by atoms with van der Waals surface area (Å²) in [7, 11) is -3.57. The van der Waals surface area contributed by atoms with Gasteiger partial charge in [-0.1, -0.05) is 109 Å². The van der Waals surface area contributed by atoms with Crippen molar-refractivity contribution in [1.82, 2.24) is 14.4 Å². The second-order valence-corrected chi connectivity index (χ2v) is 14.1. The van der Waals surface area contributed by atoms with Gasteiger partial charge >= 0.3 is 0 Å². The number of rotatable bonds is 11. The second-order valence-electron chi connectivity index (χ2n) is 11.9. The molecule has 1 fully saturated rings. The predicted molar refractivity (Wildman–Crippen MR) is 177 cm³/mol. The van der Waals surface area contributed by atoms with Crippen LogP contribution in [0.4, 0.5) is 4.39 Å². The molecule has 1 heterocycles. The summed E-state index contributed by atoms with van der Waals surface area (Å²) < 4.78 is 18.3. The van der Waals surface area contributed by atoms with Crippen molar-refractivity contribution < 1.29 is 14.1 Å². The van der Waals surface area contributed by atoms with Crippen LogP contribution in [-0.2, 0) is 4.79 Å². The lowest BCUT2D eigenvalue weighted by molar-refractivity contribution is -0.198. The van der Waals surface area contributed by atoms with Gasteiger partial charge in [0.2, 0.25) is 0 Å². The SMILES string of the molecule is CC(C)N1[C@@H](c2ccccc2)[C@H](c2ccccc2)N(C(C)C)[P+]1([O-])N[C@@H](CC(=O)/C=C/c1ccccc1)c1ccc(F)cc1. The number of benzene rings is 4. The van der Waals surface area contributed by atoms with E-state index in [-0.39, 0.29) is 42.2 Å². The monoisotopic (exact) mass is 609 g/mol. The van der Waals surface area contributed by atoms with Gasteiger partial charge in [0.1, 0.15) is 5.82 Å². The molecule has 0 bridgehead atoms. The highest BCUT2D eigenvalue weighted by Gasteiger charge is 2.62. The molecule has 5 nitrogen and oxygen atoms in total. The fourth-order valence-electron chi connectivity index (χ4n) is 6.28. The van der Waals surface area contributed by atoms with E-state index in [9.17, 15) is 9.18 Å². The van der Waals surface area contributed by atoms with E-state index in [1.807, 2.05) is 66.7 Å². The molecule has 0 aromatic heterocycles. The lowest BCUT2D eigenvalue weighted by atomic mass is 9.92. The van der Waals surface area contributed by atoms with Crippen LogP contribution in [0.15, 0.2) is 121 Å². The van der Waals surface area contributed by atoms with Crippen LogP contribution in [0.1, 0.15) is 74.5 Å². The summed E-state index contributed by atoms with van der Waals surface area (Å²) in [5, 5.41) is 3.55. The zero-order valence-corrected chi connectivity index (χ0v) is 26.6. The topological polar surface area (TPSA) is 58.6 Å². The molecule has 1 aliphatic rings. The molecule has 44 heavy (non-hydrogen) atoms. The molecular formula is C37H41FN3O2P. The first-order chi connectivity index (χ1) is 21.2. The highest BCUT2D eigenvalue weighted by molar-refractivity contribution is 7.62. The number of hydrogen-bond acceptors (Lipinski definition) is 5. The van der Waals surface area contributed by atoms with Crippen LogP contribution >= 0.6 is 7.94 Å². The molecule has 1 aliphatic heterocycles. The summed E-state index contributed by atoms with van der Waals surface area (Å²) in [6, 6.07) is 35.0. The quantitative estimate of drug-likeness (QED) is 0.138. The molecule has 0 spiro atoms. The maximum absolute atomic E-state index is 15.9. The van der Waals surface area contributed by atoms with Crippen molar-refractivity contribution >= 4 is 19.8 Å². The Kier molecular flexibility index (Phi) is 10.2. The van der Waals surface area contributed by atoms with Gasteiger partial charge in [-0.05, 0) is 68.2 Å². The third kappa shape index (κ3) is 6.91. The molecule has 0 aliphatic carbocycles. The Morgan fingerprint density at radius 3 is 1.68 bits per heavy atom. The van der Waals surface area contributed by atoms with E-state index in [1.54, 1.807) is 24.3 Å². The number of halogens is 1. The number of nitrogens with zero attached hydrogens (tertiary/aromatic N) is 2. The third-order valence-corrected chi connectivity index (χ3v) is 11.4. The Balaban J connectivity index is 1.60. The highest BCUT2D eigenvalue weighted by Crippen LogP contribution is 2.72. The predicted octanol–water partition coefficient (Wildman–Crippen LogP) is 8.08. The first kappa shape index (κ1) is 31.9. The molecule has 4 aromatic carbocycles. The Morgan fingerprint density at radius 2 is 1.23 bits per heavy atom. The van der Waals surface area contributed by atoms with Crippen molar-refractivity contribution in [1.29, 1.82) is 0 Å². The number of nitrogens with one attached hydrogen (secondary N) is 1. The van der Waals surface area contributed by atoms with Gasteiger partial charge in [0.25, 0.3) is 0 Å². The molecule has 0 amide bonds. The van der Waals surface area contributed by atoms with Crippen LogP contribution in [0.5, 0.6) is 0 Å². The average molecular weight is 610 g/mol. The summed E-state index contributed by atoms with van der Waals surface area (Å²) in [4.78, 5) is 29.3. The Hall–Kier alpha value is -3.51. The minimum Gasteiger partial charge on any atom is -0.636 e. The third-order valence-electron chi connectivity index (χ3n) is 8.10. The minimum absolute atomic E-state index is 0.0584. The van der Waals surface area contributed by atoms with E-state index in [1.165, 1.54) is 12.1 Å². The number of allylic oxidation sites excluding steroid dienone is 1. The summed E-state index contributed by atoms with van der Waals surface area (Å²) in [5.41, 5.74) is 3.76. The van der Waals surface area contributed by atoms with E-state index in [0.29, 0.717) is 5.56 Å². The summed E-state index contributed by atoms with van der Waals surface area (Å²) in [6.45, 7) is 8.27. The molecule has 1 N–H and O–H groups in total. The second kappa shape index (κ2) is 14.1. The fraction of sp³-hybridized carbons (Fsp3) is 0.270. The first-order valence-electron chi connectivity index (χ1n) is 15.3. The Morgan fingerprint density at radius 1 is 0.773 bits per heavy atom. The number of hydrogen-bond donors (Lipinski definition) is 1. The smallest absolute Gasteiger partial charge is 0.185 e. The van der Waals surface area contributed by atoms with Crippen LogP contribution < -0.4 is 9.98 Å². The molecule has 3 atom stereocenters. The molecule has 0 saturated carbocycles. The zero-order valence-electron chi connectivity index (χ0n) is 25.8. The fourth-order valence-corrected chi connectivity index (χ4v) is 9.87. The van der Waals surface area contributed by atoms with Gasteiger partial charge in [0.05, 0.1) is 18.1 Å². The van der Waals surface area contributed by atoms with Crippen molar-refractivity contribution in [2.24, 2.45) is 0 Å². The van der Waals surface area contributed by atoms with Crippen LogP contribution in [0.2, 0.25) is 0 Å². The number of ketones is 1. The van der Waals surface area contributed by atoms with Crippen molar-refractivity contribution in [3.05, 3.63) is 149 Å². The van der Waals surface area contributed by atoms with Crippen molar-refractivity contribution in [3.8, 4) is 0 Å². The molecule has 1 saturated heterocycles. The number of carbonyl (C=O) groups is 1. The minimum atomic E-state index is -3.57. The van der Waals surface area contributed by atoms with Gasteiger partial charge in [0.15, 0.2) is 13.7 Å². The summed E-state index contributed by atoms with van der Waals surface area (Å²) >= 11 is 0. The molecule has 0 radical (unpaired) electrons. The van der Waals surface area contributed by atoms with E-state index in [0.717, 1.165) is 16.7 Å². The number of carbonyl (C=O) groups excluding carboxylic acids is 1. The molecule has 0 unspecified atom stereocenters. The van der Waals surface area contributed by atoms with Gasteiger partial charge in [0, 0.05) is 18.5 Å². The summed E-state index contributed by atoms with van der Waals surface area (Å²) in [5.74, 6) is -0.482. The zero-order chi connectivity index (χ0) is 31.3. The van der Waals surface area contributed by atoms with E-state index in [4.69, 9.17) is 0 Å². The normalized spacial score (nSPS) is 19.6. The van der Waals surface area contributed by atoms with Crippen molar-refractivity contribution in [2.45, 2.75) is 64.3 Å². The Bertz CT molecular complexity index is 1470. The van der Waals surface area contributed by atoms with Crippen LogP contribution in [0.25, 0.3) is 6.08 Å². The summed E-state index contributed by atoms with van der Waals surface area (Å²) in [6.07, 6.45) is 3.42. The maximum Gasteiger partial charge on any atom is 0.185 e. The highest BCUT2D eigenvalue weighted by atomic mass is 31.2. The van der Waals surface area contributed by atoms with E-state index >= 15 is 4.89 Å². The van der Waals surface area contributed by atoms with Crippen LogP contribution in [-0.4, -0.2) is 27.2 Å². The van der Waals surface area contributed by atoms with Gasteiger partial charge in [-0.25, -0.2) is 4.39 Å². The lowest BCUT2D eigenvalue weighted by Crippen LogP contribution is -2.48. The molecular weight excluding hydrogens is 568 g/mol. The lowest BCUT2D eigenvalue weighted by Gasteiger charge is -2.45. The molecule has 228 valence electrons. The van der Waals surface area contributed by atoms with Gasteiger partial charge in [-0.15, -0.1) is 9.34 Å². The maximum atomic E-state index is 15.9. The van der Waals surface area contributed by atoms with Crippen LogP contribution in [0, 0.1) is 5.82 Å². The van der Waals surface area contributed by atoms with E-state index in [2.05, 4.69) is 66.4 Å². The van der Waals surface area contributed by atoms with Crippen molar-refractivity contribution in [2.75, 3.05) is 0 Å². The van der Waals surface area contributed by atoms with Crippen molar-refractivity contribution in [3.63, 3.8) is 0 Å². The van der Waals surface area contributed by atoms with Gasteiger partial charge in [-0.3, -0.25) is 4.79 Å². The first-order valence-corrected chi connectivity index (χ1v) is 16.9. The van der Waals surface area contributed by atoms with Crippen LogP contribution in [0.3, 0.4) is 0 Å². The largest absolute Gasteiger partial charge is 0.636 e. The van der Waals surface area contributed by atoms with Gasteiger partial charge in [-0.2, -0.15) is 5.09 Å². The van der Waals surface area contributed by atoms with E-state index < -0.39 is 14.0 Å². The standard InChI is InChI=1S/C37H41FN3O2P/c1-27(2)40-36(31-16-10-6-11-17-31)37(32-18-12-7-13-19-32)41(28(3)4)44(40,43)39-35(30-21-23-33(38)24-22-30)26-34(42)25-20-29-14-8-5-9-15-29/h5-25,27-28,35-37H,26H2,1-4H3,(H,39,43)/b25-20+/t35-,36-,37-/m0/s1. The average Bonchev–Trinajstić information content (AvgIpc) is 3.30. The Labute approximate surface area is 261 Å². The molecule has 4 aromatic rings. The molecule has 5 rings (SSSR count). The molecule has 7 heteroatoms. The van der Waals surface area contributed by atoms with Gasteiger partial charge < -0.3 is 4.89 Å².